The lowest BCUT2D eigenvalue weighted by Gasteiger charge is -2.28. The lowest BCUT2D eigenvalue weighted by molar-refractivity contribution is 0.128. The molecule has 0 bridgehead atoms. The van der Waals surface area contributed by atoms with E-state index in [0.29, 0.717) is 0 Å². The Morgan fingerprint density at radius 2 is 1.84 bits per heavy atom. The fourth-order valence-corrected chi connectivity index (χ4v) is 1.94. The van der Waals surface area contributed by atoms with Gasteiger partial charge in [-0.15, -0.1) is 0 Å². The van der Waals surface area contributed by atoms with Crippen molar-refractivity contribution in [3.63, 3.8) is 0 Å². The minimum absolute atomic E-state index is 0.443. The third kappa shape index (κ3) is 8.95. The zero-order chi connectivity index (χ0) is 14.6. The first-order valence-corrected chi connectivity index (χ1v) is 6.98. The smallest absolute Gasteiger partial charge is 0.105 e. The van der Waals surface area contributed by atoms with E-state index in [0.717, 1.165) is 52.2 Å². The molecule has 0 amide bonds. The molecule has 5 heteroatoms. The predicted molar refractivity (Wildman–Crippen MR) is 77.1 cm³/mol. The van der Waals surface area contributed by atoms with E-state index in [2.05, 4.69) is 16.3 Å². The summed E-state index contributed by atoms with van der Waals surface area (Å²) in [5.74, 6) is 0. The van der Waals surface area contributed by atoms with Gasteiger partial charge in [0.15, 0.2) is 0 Å². The maximum atomic E-state index is 9.24. The molecule has 0 aromatic carbocycles. The average Bonchev–Trinajstić information content (AvgIpc) is 2.41. The van der Waals surface area contributed by atoms with Crippen LogP contribution in [0.15, 0.2) is 0 Å². The van der Waals surface area contributed by atoms with Gasteiger partial charge in [0.2, 0.25) is 0 Å². The van der Waals surface area contributed by atoms with Gasteiger partial charge in [-0.3, -0.25) is 5.32 Å². The second-order valence-corrected chi connectivity index (χ2v) is 4.91. The van der Waals surface area contributed by atoms with Gasteiger partial charge in [0.1, 0.15) is 5.54 Å². The zero-order valence-electron chi connectivity index (χ0n) is 12.9. The summed E-state index contributed by atoms with van der Waals surface area (Å²) in [5.41, 5.74) is -0.443. The van der Waals surface area contributed by atoms with E-state index >= 15 is 0 Å². The molecule has 0 aliphatic rings. The highest BCUT2D eigenvalue weighted by molar-refractivity contribution is 5.03. The van der Waals surface area contributed by atoms with Crippen LogP contribution < -0.4 is 5.32 Å². The van der Waals surface area contributed by atoms with Crippen LogP contribution in [-0.4, -0.2) is 64.1 Å². The molecule has 0 heterocycles. The van der Waals surface area contributed by atoms with E-state index in [4.69, 9.17) is 9.47 Å². The third-order valence-corrected chi connectivity index (χ3v) is 3.18. The Bertz CT molecular complexity index is 256. The molecule has 0 saturated carbocycles. The van der Waals surface area contributed by atoms with Crippen LogP contribution in [0, 0.1) is 11.3 Å². The number of nitrogens with zero attached hydrogens (tertiary/aromatic N) is 2. The molecule has 0 radical (unpaired) electrons. The van der Waals surface area contributed by atoms with Gasteiger partial charge in [-0.05, 0) is 26.3 Å². The van der Waals surface area contributed by atoms with Gasteiger partial charge in [-0.1, -0.05) is 6.92 Å². The Morgan fingerprint density at radius 1 is 1.16 bits per heavy atom. The molecule has 1 N–H and O–H groups in total. The highest BCUT2D eigenvalue weighted by Gasteiger charge is 2.22. The molecule has 19 heavy (non-hydrogen) atoms. The van der Waals surface area contributed by atoms with Gasteiger partial charge in [-0.2, -0.15) is 5.26 Å². The first-order valence-electron chi connectivity index (χ1n) is 6.98. The molecule has 0 aliphatic carbocycles. The molecule has 112 valence electrons. The van der Waals surface area contributed by atoms with Crippen molar-refractivity contribution in [1.29, 1.82) is 5.26 Å². The number of hydrogen-bond donors (Lipinski definition) is 1. The molecular formula is C14H29N3O2. The monoisotopic (exact) mass is 271 g/mol. The summed E-state index contributed by atoms with van der Waals surface area (Å²) in [4.78, 5) is 2.33. The normalized spacial score (nSPS) is 14.3. The maximum Gasteiger partial charge on any atom is 0.105 e. The van der Waals surface area contributed by atoms with Crippen LogP contribution in [0.2, 0.25) is 0 Å². The van der Waals surface area contributed by atoms with Crippen molar-refractivity contribution in [1.82, 2.24) is 10.2 Å². The van der Waals surface area contributed by atoms with Crippen LogP contribution >= 0.6 is 0 Å². The van der Waals surface area contributed by atoms with Gasteiger partial charge >= 0.3 is 0 Å². The standard InChI is InChI=1S/C14H29N3O2/c1-5-16-14(2,13-15)7-9-17(10-12-19-4)8-6-11-18-3/h16H,5-12H2,1-4H3. The van der Waals surface area contributed by atoms with Crippen LogP contribution in [0.3, 0.4) is 0 Å². The predicted octanol–water partition coefficient (Wildman–Crippen LogP) is 1.25. The van der Waals surface area contributed by atoms with Crippen molar-refractivity contribution in [2.24, 2.45) is 0 Å². The van der Waals surface area contributed by atoms with Crippen molar-refractivity contribution < 1.29 is 9.47 Å². The quantitative estimate of drug-likeness (QED) is 0.541. The number of nitriles is 1. The highest BCUT2D eigenvalue weighted by atomic mass is 16.5. The first-order chi connectivity index (χ1) is 9.11. The van der Waals surface area contributed by atoms with Crippen molar-refractivity contribution in [2.75, 3.05) is 53.6 Å². The van der Waals surface area contributed by atoms with E-state index in [1.807, 2.05) is 13.8 Å². The first kappa shape index (κ1) is 18.3. The van der Waals surface area contributed by atoms with Crippen molar-refractivity contribution in [3.8, 4) is 6.07 Å². The summed E-state index contributed by atoms with van der Waals surface area (Å²) in [7, 11) is 3.43. The molecule has 0 aliphatic heterocycles. The van der Waals surface area contributed by atoms with Crippen LogP contribution in [0.5, 0.6) is 0 Å². The second kappa shape index (κ2) is 11.2. The number of nitrogens with one attached hydrogen (secondary N) is 1. The van der Waals surface area contributed by atoms with Crippen LogP contribution in [0.4, 0.5) is 0 Å². The Morgan fingerprint density at radius 3 is 2.37 bits per heavy atom. The fraction of sp³-hybridized carbons (Fsp3) is 0.929. The molecule has 1 atom stereocenters. The minimum atomic E-state index is -0.443. The van der Waals surface area contributed by atoms with Gasteiger partial charge in [0.05, 0.1) is 12.7 Å². The summed E-state index contributed by atoms with van der Waals surface area (Å²) < 4.78 is 10.2. The lowest BCUT2D eigenvalue weighted by atomic mass is 9.99. The number of hydrogen-bond acceptors (Lipinski definition) is 5. The second-order valence-electron chi connectivity index (χ2n) is 4.91. The topological polar surface area (TPSA) is 57.5 Å². The number of rotatable bonds is 12. The SMILES string of the molecule is CCNC(C)(C#N)CCN(CCCOC)CCOC. The Labute approximate surface area is 117 Å². The summed E-state index contributed by atoms with van der Waals surface area (Å²) in [6.45, 7) is 9.05. The van der Waals surface area contributed by atoms with Gasteiger partial charge in [0, 0.05) is 40.5 Å². The van der Waals surface area contributed by atoms with Crippen molar-refractivity contribution in [2.45, 2.75) is 32.2 Å². The van der Waals surface area contributed by atoms with E-state index in [-0.39, 0.29) is 0 Å². The van der Waals surface area contributed by atoms with E-state index in [1.165, 1.54) is 0 Å². The van der Waals surface area contributed by atoms with Crippen molar-refractivity contribution in [3.05, 3.63) is 0 Å². The summed E-state index contributed by atoms with van der Waals surface area (Å²) in [6, 6.07) is 2.36. The average molecular weight is 271 g/mol. The van der Waals surface area contributed by atoms with Gasteiger partial charge < -0.3 is 14.4 Å². The van der Waals surface area contributed by atoms with Crippen LogP contribution in [-0.2, 0) is 9.47 Å². The van der Waals surface area contributed by atoms with Crippen LogP contribution in [0.25, 0.3) is 0 Å². The Kier molecular flexibility index (Phi) is 10.8. The van der Waals surface area contributed by atoms with Crippen LogP contribution in [0.1, 0.15) is 26.7 Å². The van der Waals surface area contributed by atoms with Crippen molar-refractivity contribution >= 4 is 0 Å². The number of methoxy groups -OCH3 is 2. The van der Waals surface area contributed by atoms with E-state index in [9.17, 15) is 5.26 Å². The lowest BCUT2D eigenvalue weighted by Crippen LogP contribution is -2.44. The maximum absolute atomic E-state index is 9.24. The Balaban J connectivity index is 4.18. The van der Waals surface area contributed by atoms with E-state index < -0.39 is 5.54 Å². The molecule has 0 fully saturated rings. The van der Waals surface area contributed by atoms with Gasteiger partial charge in [-0.25, -0.2) is 0 Å². The summed E-state index contributed by atoms with van der Waals surface area (Å²) in [5, 5.41) is 12.5. The zero-order valence-corrected chi connectivity index (χ0v) is 12.9. The molecule has 1 unspecified atom stereocenters. The molecule has 5 nitrogen and oxygen atoms in total. The molecule has 0 rings (SSSR count). The number of ether oxygens (including phenoxy) is 2. The van der Waals surface area contributed by atoms with E-state index in [1.54, 1.807) is 14.2 Å². The highest BCUT2D eigenvalue weighted by Crippen LogP contribution is 2.09. The van der Waals surface area contributed by atoms with Gasteiger partial charge in [0.25, 0.3) is 0 Å². The summed E-state index contributed by atoms with van der Waals surface area (Å²) >= 11 is 0. The molecule has 0 aromatic rings. The molecule has 0 saturated heterocycles. The molecular weight excluding hydrogens is 242 g/mol. The Hall–Kier alpha value is -0.670. The fourth-order valence-electron chi connectivity index (χ4n) is 1.94. The summed E-state index contributed by atoms with van der Waals surface area (Å²) in [6.07, 6.45) is 1.82. The molecule has 0 spiro atoms. The minimum Gasteiger partial charge on any atom is -0.385 e. The largest absolute Gasteiger partial charge is 0.385 e. The third-order valence-electron chi connectivity index (χ3n) is 3.18. The molecule has 0 aromatic heterocycles.